The number of nitrogens with zero attached hydrogens (tertiary/aromatic N) is 5. The summed E-state index contributed by atoms with van der Waals surface area (Å²) in [6.45, 7) is 2.13. The minimum Gasteiger partial charge on any atom is -0.348 e. The summed E-state index contributed by atoms with van der Waals surface area (Å²) >= 11 is 0. The summed E-state index contributed by atoms with van der Waals surface area (Å²) in [5.41, 5.74) is 1.65. The lowest BCUT2D eigenvalue weighted by Crippen LogP contribution is -2.23. The van der Waals surface area contributed by atoms with Gasteiger partial charge in [-0.2, -0.15) is 27.8 Å². The highest BCUT2D eigenvalue weighted by molar-refractivity contribution is 6.10. The summed E-state index contributed by atoms with van der Waals surface area (Å²) in [7, 11) is 1.74. The van der Waals surface area contributed by atoms with Crippen molar-refractivity contribution in [2.45, 2.75) is 26.2 Å². The van der Waals surface area contributed by atoms with Crippen LogP contribution in [0.25, 0.3) is 27.6 Å². The van der Waals surface area contributed by atoms with Gasteiger partial charge in [-0.25, -0.2) is 4.68 Å². The number of halogens is 4. The number of alkyl halides is 3. The topological polar surface area (TPSA) is 69.7 Å². The molecule has 7 nitrogen and oxygen atoms in total. The largest absolute Gasteiger partial charge is 0.416 e. The zero-order chi connectivity index (χ0) is 24.9. The van der Waals surface area contributed by atoms with E-state index < -0.39 is 23.6 Å². The minimum absolute atomic E-state index is 0.0163. The maximum absolute atomic E-state index is 14.2. The van der Waals surface area contributed by atoms with Crippen molar-refractivity contribution in [3.8, 4) is 5.69 Å². The highest BCUT2D eigenvalue weighted by Gasteiger charge is 2.30. The fraction of sp³-hybridized carbons (Fsp3) is 0.208. The molecule has 3 heterocycles. The van der Waals surface area contributed by atoms with Gasteiger partial charge in [-0.05, 0) is 49.4 Å². The molecule has 0 unspecified atom stereocenters. The van der Waals surface area contributed by atoms with Crippen LogP contribution in [0.5, 0.6) is 0 Å². The highest BCUT2D eigenvalue weighted by Crippen LogP contribution is 2.34. The Balaban J connectivity index is 1.51. The van der Waals surface area contributed by atoms with Crippen molar-refractivity contribution < 1.29 is 22.4 Å². The van der Waals surface area contributed by atoms with E-state index >= 15 is 0 Å². The Morgan fingerprint density at radius 2 is 1.83 bits per heavy atom. The van der Waals surface area contributed by atoms with Crippen LogP contribution in [-0.2, 0) is 26.3 Å². The predicted octanol–water partition coefficient (Wildman–Crippen LogP) is 4.82. The van der Waals surface area contributed by atoms with Crippen molar-refractivity contribution >= 4 is 27.8 Å². The second-order valence-corrected chi connectivity index (χ2v) is 8.11. The fourth-order valence-corrected chi connectivity index (χ4v) is 4.12. The molecule has 5 rings (SSSR count). The van der Waals surface area contributed by atoms with Crippen molar-refractivity contribution in [3.63, 3.8) is 0 Å². The summed E-state index contributed by atoms with van der Waals surface area (Å²) in [5, 5.41) is 12.6. The first-order chi connectivity index (χ1) is 16.7. The fourth-order valence-electron chi connectivity index (χ4n) is 4.12. The number of benzene rings is 2. The van der Waals surface area contributed by atoms with E-state index in [4.69, 9.17) is 0 Å². The first kappa shape index (κ1) is 22.6. The van der Waals surface area contributed by atoms with E-state index in [0.29, 0.717) is 34.3 Å². The third-order valence-corrected chi connectivity index (χ3v) is 5.85. The maximum atomic E-state index is 14.2. The van der Waals surface area contributed by atoms with E-state index in [1.807, 2.05) is 0 Å². The van der Waals surface area contributed by atoms with Gasteiger partial charge in [0.05, 0.1) is 17.3 Å². The molecule has 0 bridgehead atoms. The highest BCUT2D eigenvalue weighted by atomic mass is 19.4. The molecule has 0 spiro atoms. The van der Waals surface area contributed by atoms with Gasteiger partial charge in [0, 0.05) is 53.9 Å². The lowest BCUT2D eigenvalue weighted by molar-refractivity contribution is -0.137. The lowest BCUT2D eigenvalue weighted by atomic mass is 10.1. The molecule has 3 aromatic heterocycles. The van der Waals surface area contributed by atoms with Crippen LogP contribution in [-0.4, -0.2) is 30.0 Å². The number of hydrogen-bond donors (Lipinski definition) is 1. The zero-order valence-corrected chi connectivity index (χ0v) is 18.8. The number of carbonyl (C=O) groups is 1. The van der Waals surface area contributed by atoms with Gasteiger partial charge in [-0.3, -0.25) is 14.0 Å². The number of hydrogen-bond acceptors (Lipinski definition) is 3. The summed E-state index contributed by atoms with van der Waals surface area (Å²) in [4.78, 5) is 12.8. The zero-order valence-electron chi connectivity index (χ0n) is 18.8. The maximum Gasteiger partial charge on any atom is 0.416 e. The van der Waals surface area contributed by atoms with Crippen LogP contribution < -0.4 is 5.32 Å². The number of fused-ring (bicyclic) bond motifs is 3. The molecule has 2 aromatic carbocycles. The minimum atomic E-state index is -4.43. The van der Waals surface area contributed by atoms with Crippen LogP contribution in [0.2, 0.25) is 0 Å². The Morgan fingerprint density at radius 3 is 2.49 bits per heavy atom. The number of aromatic nitrogens is 5. The third-order valence-electron chi connectivity index (χ3n) is 5.85. The van der Waals surface area contributed by atoms with Gasteiger partial charge in [-0.15, -0.1) is 0 Å². The van der Waals surface area contributed by atoms with Crippen molar-refractivity contribution in [1.82, 2.24) is 29.4 Å². The molecular formula is C24H20F4N6O. The molecule has 0 aliphatic heterocycles. The molecule has 0 saturated heterocycles. The van der Waals surface area contributed by atoms with Crippen molar-refractivity contribution in [2.75, 3.05) is 0 Å². The molecule has 0 radical (unpaired) electrons. The van der Waals surface area contributed by atoms with Gasteiger partial charge >= 0.3 is 6.18 Å². The molecule has 180 valence electrons. The normalized spacial score (nSPS) is 12.1. The Morgan fingerprint density at radius 1 is 1.09 bits per heavy atom. The predicted molar refractivity (Wildman–Crippen MR) is 122 cm³/mol. The number of rotatable bonds is 5. The van der Waals surface area contributed by atoms with Crippen LogP contribution in [0.4, 0.5) is 17.6 Å². The summed E-state index contributed by atoms with van der Waals surface area (Å²) in [5.74, 6) is -0.885. The van der Waals surface area contributed by atoms with Crippen molar-refractivity contribution in [3.05, 3.63) is 77.5 Å². The number of aryl methyl sites for hydroxylation is 2. The molecule has 1 amide bonds. The van der Waals surface area contributed by atoms with E-state index in [-0.39, 0.29) is 12.1 Å². The van der Waals surface area contributed by atoms with E-state index in [2.05, 4.69) is 15.5 Å². The number of carbonyl (C=O) groups excluding carboxylic acids is 1. The average Bonchev–Trinajstić information content (AvgIpc) is 3.47. The van der Waals surface area contributed by atoms with Crippen molar-refractivity contribution in [1.29, 1.82) is 0 Å². The van der Waals surface area contributed by atoms with Gasteiger partial charge in [0.1, 0.15) is 0 Å². The molecule has 5 aromatic rings. The van der Waals surface area contributed by atoms with E-state index in [1.165, 1.54) is 23.0 Å². The van der Waals surface area contributed by atoms with E-state index in [9.17, 15) is 22.4 Å². The molecule has 11 heteroatoms. The Hall–Kier alpha value is -4.15. The number of nitrogens with one attached hydrogen (secondary N) is 1. The van der Waals surface area contributed by atoms with Gasteiger partial charge < -0.3 is 5.32 Å². The number of amides is 1. The summed E-state index contributed by atoms with van der Waals surface area (Å²) < 4.78 is 57.8. The monoisotopic (exact) mass is 484 g/mol. The molecule has 0 saturated carbocycles. The van der Waals surface area contributed by atoms with Gasteiger partial charge in [0.2, 0.25) is 5.95 Å². The quantitative estimate of drug-likeness (QED) is 0.364. The third kappa shape index (κ3) is 3.92. The van der Waals surface area contributed by atoms with Gasteiger partial charge in [-0.1, -0.05) is 0 Å². The molecule has 0 aliphatic rings. The first-order valence-electron chi connectivity index (χ1n) is 10.8. The lowest BCUT2D eigenvalue weighted by Gasteiger charge is -2.10. The molecule has 0 aliphatic carbocycles. The standard InChI is InChI=1S/C24H20F4N6O/c1-3-33-21(25)15(12-30-33)11-29-23(35)14-4-9-20-18(10-14)19-13-32(2)31-22(19)34(20)17-7-5-16(6-8-17)24(26,27)28/h4-10,12-13H,3,11H2,1-2H3,(H,29,35). The second kappa shape index (κ2) is 8.26. The van der Waals surface area contributed by atoms with Crippen molar-refractivity contribution in [2.24, 2.45) is 7.05 Å². The van der Waals surface area contributed by atoms with Crippen LogP contribution in [0, 0.1) is 5.95 Å². The van der Waals surface area contributed by atoms with Gasteiger partial charge in [0.15, 0.2) is 5.65 Å². The van der Waals surface area contributed by atoms with E-state index in [1.54, 1.807) is 47.6 Å². The molecule has 0 fully saturated rings. The van der Waals surface area contributed by atoms with Crippen LogP contribution >= 0.6 is 0 Å². The molecular weight excluding hydrogens is 464 g/mol. The van der Waals surface area contributed by atoms with Crippen LogP contribution in [0.1, 0.15) is 28.4 Å². The molecule has 0 atom stereocenters. The van der Waals surface area contributed by atoms with Crippen LogP contribution in [0.3, 0.4) is 0 Å². The first-order valence-corrected chi connectivity index (χ1v) is 10.8. The average molecular weight is 484 g/mol. The second-order valence-electron chi connectivity index (χ2n) is 8.11. The Bertz CT molecular complexity index is 1560. The van der Waals surface area contributed by atoms with E-state index in [0.717, 1.165) is 17.5 Å². The SMILES string of the molecule is CCn1ncc(CNC(=O)c2ccc3c(c2)c2cn(C)nc2n3-c2ccc(C(F)(F)F)cc2)c1F. The van der Waals surface area contributed by atoms with Gasteiger partial charge in [0.25, 0.3) is 5.91 Å². The van der Waals surface area contributed by atoms with Crippen LogP contribution in [0.15, 0.2) is 54.9 Å². The molecule has 1 N–H and O–H groups in total. The summed E-state index contributed by atoms with van der Waals surface area (Å²) in [6, 6.07) is 9.86. The summed E-state index contributed by atoms with van der Waals surface area (Å²) in [6.07, 6.45) is -1.27. The molecule has 35 heavy (non-hydrogen) atoms. The Labute approximate surface area is 196 Å². The Kier molecular flexibility index (Phi) is 5.34. The smallest absolute Gasteiger partial charge is 0.348 e.